The van der Waals surface area contributed by atoms with Crippen LogP contribution in [0.25, 0.3) is 0 Å². The van der Waals surface area contributed by atoms with Gasteiger partial charge in [-0.2, -0.15) is 0 Å². The summed E-state index contributed by atoms with van der Waals surface area (Å²) in [5.74, 6) is 0.205. The normalized spacial score (nSPS) is 33.4. The maximum absolute atomic E-state index is 11.2. The van der Waals surface area contributed by atoms with Gasteiger partial charge in [-0.15, -0.1) is 0 Å². The van der Waals surface area contributed by atoms with Crippen molar-refractivity contribution in [2.45, 2.75) is 78.9 Å². The number of ketones is 1. The van der Waals surface area contributed by atoms with E-state index in [1.165, 1.54) is 6.42 Å². The first kappa shape index (κ1) is 16.4. The van der Waals surface area contributed by atoms with Crippen LogP contribution in [0.15, 0.2) is 11.6 Å². The molecule has 1 fully saturated rings. The largest absolute Gasteiger partial charge is 0.358 e. The minimum Gasteiger partial charge on any atom is -0.358 e. The average Bonchev–Trinajstić information content (AvgIpc) is 2.89. The fraction of sp³-hybridized carbons (Fsp3) is 0.800. The molecule has 1 aliphatic heterocycles. The van der Waals surface area contributed by atoms with Crippen LogP contribution in [0.5, 0.6) is 0 Å². The van der Waals surface area contributed by atoms with Gasteiger partial charge in [0.15, 0.2) is 5.78 Å². The highest BCUT2D eigenvalue weighted by Gasteiger charge is 2.68. The van der Waals surface area contributed by atoms with Crippen molar-refractivity contribution < 1.29 is 9.53 Å². The Bertz CT molecular complexity index is 293. The third kappa shape index (κ3) is 2.98. The van der Waals surface area contributed by atoms with Gasteiger partial charge in [-0.05, 0) is 31.9 Å². The second-order valence-corrected chi connectivity index (χ2v) is 4.69. The van der Waals surface area contributed by atoms with E-state index in [-0.39, 0.29) is 17.0 Å². The van der Waals surface area contributed by atoms with Crippen LogP contribution < -0.4 is 0 Å². The Morgan fingerprint density at radius 2 is 1.76 bits per heavy atom. The van der Waals surface area contributed by atoms with E-state index in [0.29, 0.717) is 6.42 Å². The number of allylic oxidation sites excluding steroid dienone is 1. The van der Waals surface area contributed by atoms with Crippen molar-refractivity contribution in [3.05, 3.63) is 11.6 Å². The zero-order valence-corrected chi connectivity index (χ0v) is 12.5. The second kappa shape index (κ2) is 6.34. The summed E-state index contributed by atoms with van der Waals surface area (Å²) in [6.07, 6.45) is 4.51. The average molecular weight is 240 g/mol. The van der Waals surface area contributed by atoms with Crippen LogP contribution in [0, 0.1) is 0 Å². The first-order valence-corrected chi connectivity index (χ1v) is 6.87. The number of carbonyl (C=O) groups is 1. The van der Waals surface area contributed by atoms with Crippen molar-refractivity contribution in [3.8, 4) is 0 Å². The molecule has 0 radical (unpaired) electrons. The molecule has 2 unspecified atom stereocenters. The molecule has 2 rings (SSSR count). The van der Waals surface area contributed by atoms with Crippen LogP contribution in [0.1, 0.15) is 67.7 Å². The summed E-state index contributed by atoms with van der Waals surface area (Å²) in [4.78, 5) is 11.2. The number of hydrogen-bond acceptors (Lipinski definition) is 2. The lowest BCUT2D eigenvalue weighted by atomic mass is 9.78. The number of ether oxygens (including phenoxy) is 1. The van der Waals surface area contributed by atoms with E-state index in [1.807, 2.05) is 27.7 Å². The van der Waals surface area contributed by atoms with Gasteiger partial charge in [0.2, 0.25) is 0 Å². The Morgan fingerprint density at radius 3 is 2.12 bits per heavy atom. The predicted octanol–water partition coefficient (Wildman–Crippen LogP) is 4.29. The molecule has 2 atom stereocenters. The van der Waals surface area contributed by atoms with Gasteiger partial charge in [0.05, 0.1) is 0 Å². The summed E-state index contributed by atoms with van der Waals surface area (Å²) in [7, 11) is 0. The molecule has 0 aromatic rings. The number of rotatable bonds is 1. The minimum absolute atomic E-state index is 0.0963. The molecule has 2 heteroatoms. The van der Waals surface area contributed by atoms with Crippen molar-refractivity contribution >= 4 is 5.78 Å². The molecule has 0 aromatic heterocycles. The summed E-state index contributed by atoms with van der Waals surface area (Å²) >= 11 is 0. The van der Waals surface area contributed by atoms with E-state index in [0.717, 1.165) is 12.0 Å². The van der Waals surface area contributed by atoms with Crippen LogP contribution >= 0.6 is 0 Å². The van der Waals surface area contributed by atoms with Crippen LogP contribution in [-0.4, -0.2) is 17.0 Å². The third-order valence-electron chi connectivity index (χ3n) is 3.24. The molecule has 0 N–H and O–H groups in total. The van der Waals surface area contributed by atoms with Crippen molar-refractivity contribution in [3.63, 3.8) is 0 Å². The molecule has 1 heterocycles. The van der Waals surface area contributed by atoms with E-state index in [2.05, 4.69) is 20.8 Å². The van der Waals surface area contributed by atoms with Crippen molar-refractivity contribution in [1.82, 2.24) is 0 Å². The molecule has 2 aliphatic rings. The molecule has 0 aromatic carbocycles. The van der Waals surface area contributed by atoms with Gasteiger partial charge < -0.3 is 4.74 Å². The van der Waals surface area contributed by atoms with Crippen molar-refractivity contribution in [1.29, 1.82) is 0 Å². The summed E-state index contributed by atoms with van der Waals surface area (Å²) < 4.78 is 5.70. The molecule has 0 spiro atoms. The monoisotopic (exact) mass is 240 g/mol. The van der Waals surface area contributed by atoms with Crippen molar-refractivity contribution in [2.24, 2.45) is 0 Å². The predicted molar refractivity (Wildman–Crippen MR) is 73.2 cm³/mol. The standard InChI is InChI=1S/C10H14O2.C3H8.C2H6/c1-4-10-7(2)5-8(11)6-9(10,3)12-10;1-3-2;1-2/h5H,4,6H2,1-3H3;3H2,1-2H3;1-2H3. The molecule has 0 saturated carbocycles. The highest BCUT2D eigenvalue weighted by atomic mass is 16.6. The molecule has 0 amide bonds. The number of carbonyl (C=O) groups excluding carboxylic acids is 1. The first-order chi connectivity index (χ1) is 7.95. The third-order valence-corrected chi connectivity index (χ3v) is 3.24. The Labute approximate surface area is 106 Å². The Kier molecular flexibility index (Phi) is 6.11. The van der Waals surface area contributed by atoms with E-state index >= 15 is 0 Å². The van der Waals surface area contributed by atoms with E-state index in [1.54, 1.807) is 6.08 Å². The Balaban J connectivity index is 0.000000450. The number of hydrogen-bond donors (Lipinski definition) is 0. The first-order valence-electron chi connectivity index (χ1n) is 6.87. The molecule has 1 saturated heterocycles. The second-order valence-electron chi connectivity index (χ2n) is 4.69. The van der Waals surface area contributed by atoms with Crippen LogP contribution in [0.3, 0.4) is 0 Å². The van der Waals surface area contributed by atoms with Gasteiger partial charge in [0.25, 0.3) is 0 Å². The summed E-state index contributed by atoms with van der Waals surface area (Å²) in [6, 6.07) is 0. The molecular weight excluding hydrogens is 212 g/mol. The van der Waals surface area contributed by atoms with Gasteiger partial charge in [-0.25, -0.2) is 0 Å². The number of epoxide rings is 1. The Hall–Kier alpha value is -0.630. The fourth-order valence-electron chi connectivity index (χ4n) is 2.50. The van der Waals surface area contributed by atoms with Gasteiger partial charge in [0, 0.05) is 6.42 Å². The minimum atomic E-state index is -0.183. The lowest BCUT2D eigenvalue weighted by Crippen LogP contribution is -2.30. The maximum atomic E-state index is 11.2. The molecule has 2 nitrogen and oxygen atoms in total. The molecule has 0 bridgehead atoms. The van der Waals surface area contributed by atoms with Gasteiger partial charge in [-0.3, -0.25) is 4.79 Å². The van der Waals surface area contributed by atoms with E-state index in [9.17, 15) is 4.79 Å². The van der Waals surface area contributed by atoms with Crippen LogP contribution in [0.4, 0.5) is 0 Å². The highest BCUT2D eigenvalue weighted by Crippen LogP contribution is 2.58. The zero-order valence-electron chi connectivity index (χ0n) is 12.5. The highest BCUT2D eigenvalue weighted by molar-refractivity contribution is 5.94. The van der Waals surface area contributed by atoms with Crippen LogP contribution in [-0.2, 0) is 9.53 Å². The fourth-order valence-corrected chi connectivity index (χ4v) is 2.50. The van der Waals surface area contributed by atoms with Gasteiger partial charge >= 0.3 is 0 Å². The summed E-state index contributed by atoms with van der Waals surface area (Å²) in [5.41, 5.74) is 0.822. The van der Waals surface area contributed by atoms with Gasteiger partial charge in [0.1, 0.15) is 11.2 Å². The smallest absolute Gasteiger partial charge is 0.158 e. The number of fused-ring (bicyclic) bond motifs is 1. The van der Waals surface area contributed by atoms with E-state index in [4.69, 9.17) is 4.74 Å². The quantitative estimate of drug-likeness (QED) is 0.640. The Morgan fingerprint density at radius 1 is 1.29 bits per heavy atom. The maximum Gasteiger partial charge on any atom is 0.158 e. The van der Waals surface area contributed by atoms with E-state index < -0.39 is 0 Å². The molecule has 100 valence electrons. The molecule has 17 heavy (non-hydrogen) atoms. The lowest BCUT2D eigenvalue weighted by molar-refractivity contribution is -0.115. The topological polar surface area (TPSA) is 29.6 Å². The lowest BCUT2D eigenvalue weighted by Gasteiger charge is -2.19. The SMILES string of the molecule is CC.CCC.CCC12OC1(C)CC(=O)C=C2C. The molecular formula is C15H28O2. The zero-order chi connectivity index (χ0) is 13.7. The van der Waals surface area contributed by atoms with Gasteiger partial charge in [-0.1, -0.05) is 41.0 Å². The van der Waals surface area contributed by atoms with Crippen LogP contribution in [0.2, 0.25) is 0 Å². The molecule has 1 aliphatic carbocycles. The summed E-state index contributed by atoms with van der Waals surface area (Å²) in [6.45, 7) is 14.4. The summed E-state index contributed by atoms with van der Waals surface area (Å²) in [5, 5.41) is 0. The van der Waals surface area contributed by atoms with Crippen molar-refractivity contribution in [2.75, 3.05) is 0 Å².